The second kappa shape index (κ2) is 5.79. The quantitative estimate of drug-likeness (QED) is 0.844. The van der Waals surface area contributed by atoms with Crippen LogP contribution >= 0.6 is 28.6 Å². The monoisotopic (exact) mass is 339 g/mol. The third-order valence-corrected chi connectivity index (χ3v) is 3.62. The summed E-state index contributed by atoms with van der Waals surface area (Å²) in [4.78, 5) is 12.7. The van der Waals surface area contributed by atoms with Crippen LogP contribution in [0.1, 0.15) is 21.6 Å². The molecule has 0 unspecified atom stereocenters. The summed E-state index contributed by atoms with van der Waals surface area (Å²) in [5.74, 6) is -0.138. The van der Waals surface area contributed by atoms with Crippen molar-refractivity contribution in [2.75, 3.05) is 0 Å². The standard InChI is InChI=1S/C13H14BrN3OS/c1-8-9(7-17(2)16-8)6-15-13(18)11-4-3-10(14)5-12(11)19/h3-5,7,19H,6H2,1-2H3,(H,15,18). The van der Waals surface area contributed by atoms with Gasteiger partial charge in [0.05, 0.1) is 11.3 Å². The van der Waals surface area contributed by atoms with Gasteiger partial charge in [0.25, 0.3) is 5.91 Å². The Labute approximate surface area is 125 Å². The van der Waals surface area contributed by atoms with Gasteiger partial charge in [0.1, 0.15) is 0 Å². The van der Waals surface area contributed by atoms with Crippen molar-refractivity contribution in [1.82, 2.24) is 15.1 Å². The number of aromatic nitrogens is 2. The molecule has 6 heteroatoms. The molecule has 0 aliphatic rings. The van der Waals surface area contributed by atoms with E-state index in [-0.39, 0.29) is 5.91 Å². The number of carbonyl (C=O) groups is 1. The van der Waals surface area contributed by atoms with Crippen LogP contribution in [0.3, 0.4) is 0 Å². The highest BCUT2D eigenvalue weighted by atomic mass is 79.9. The van der Waals surface area contributed by atoms with Crippen LogP contribution in [0.15, 0.2) is 33.8 Å². The van der Waals surface area contributed by atoms with Crippen molar-refractivity contribution in [3.05, 3.63) is 45.7 Å². The molecular weight excluding hydrogens is 326 g/mol. The van der Waals surface area contributed by atoms with Crippen molar-refractivity contribution >= 4 is 34.5 Å². The molecule has 0 saturated heterocycles. The lowest BCUT2D eigenvalue weighted by atomic mass is 10.2. The Kier molecular flexibility index (Phi) is 4.31. The van der Waals surface area contributed by atoms with Gasteiger partial charge in [-0.2, -0.15) is 5.10 Å². The highest BCUT2D eigenvalue weighted by molar-refractivity contribution is 9.10. The van der Waals surface area contributed by atoms with E-state index in [2.05, 4.69) is 39.0 Å². The van der Waals surface area contributed by atoms with Crippen molar-refractivity contribution in [3.63, 3.8) is 0 Å². The molecule has 100 valence electrons. The van der Waals surface area contributed by atoms with Gasteiger partial charge in [0.2, 0.25) is 0 Å². The molecule has 4 nitrogen and oxygen atoms in total. The minimum atomic E-state index is -0.138. The van der Waals surface area contributed by atoms with Gasteiger partial charge in [0.15, 0.2) is 0 Å². The first-order valence-electron chi connectivity index (χ1n) is 5.73. The fourth-order valence-electron chi connectivity index (χ4n) is 1.79. The van der Waals surface area contributed by atoms with Crippen molar-refractivity contribution in [2.45, 2.75) is 18.4 Å². The molecule has 0 spiro atoms. The summed E-state index contributed by atoms with van der Waals surface area (Å²) in [6, 6.07) is 5.37. The molecule has 0 aliphatic heterocycles. The molecule has 1 N–H and O–H groups in total. The van der Waals surface area contributed by atoms with Gasteiger partial charge < -0.3 is 5.32 Å². The van der Waals surface area contributed by atoms with E-state index >= 15 is 0 Å². The van der Waals surface area contributed by atoms with Crippen LogP contribution in [0.25, 0.3) is 0 Å². The molecule has 1 aromatic heterocycles. The number of rotatable bonds is 3. The van der Waals surface area contributed by atoms with E-state index in [9.17, 15) is 4.79 Å². The van der Waals surface area contributed by atoms with E-state index in [1.807, 2.05) is 26.2 Å². The zero-order valence-corrected chi connectivity index (χ0v) is 13.1. The Balaban J connectivity index is 2.07. The largest absolute Gasteiger partial charge is 0.348 e. The third-order valence-electron chi connectivity index (χ3n) is 2.76. The van der Waals surface area contributed by atoms with Crippen molar-refractivity contribution in [3.8, 4) is 0 Å². The molecule has 0 fully saturated rings. The Morgan fingerprint density at radius 2 is 2.26 bits per heavy atom. The lowest BCUT2D eigenvalue weighted by Crippen LogP contribution is -2.23. The highest BCUT2D eigenvalue weighted by Gasteiger charge is 2.11. The fraction of sp³-hybridized carbons (Fsp3) is 0.231. The minimum absolute atomic E-state index is 0.138. The summed E-state index contributed by atoms with van der Waals surface area (Å²) in [5, 5.41) is 7.11. The van der Waals surface area contributed by atoms with E-state index < -0.39 is 0 Å². The average molecular weight is 340 g/mol. The molecule has 1 aromatic carbocycles. The van der Waals surface area contributed by atoms with E-state index in [4.69, 9.17) is 0 Å². The number of halogens is 1. The van der Waals surface area contributed by atoms with Gasteiger partial charge in [-0.1, -0.05) is 15.9 Å². The Hall–Kier alpha value is -1.27. The van der Waals surface area contributed by atoms with Crippen molar-refractivity contribution < 1.29 is 4.79 Å². The molecule has 1 heterocycles. The van der Waals surface area contributed by atoms with Crippen LogP contribution in [0.5, 0.6) is 0 Å². The summed E-state index contributed by atoms with van der Waals surface area (Å²) in [7, 11) is 1.86. The number of thiol groups is 1. The van der Waals surface area contributed by atoms with Crippen LogP contribution in [0, 0.1) is 6.92 Å². The number of nitrogens with zero attached hydrogens (tertiary/aromatic N) is 2. The normalized spacial score (nSPS) is 10.5. The topological polar surface area (TPSA) is 46.9 Å². The zero-order valence-electron chi connectivity index (χ0n) is 10.6. The van der Waals surface area contributed by atoms with Crippen molar-refractivity contribution in [2.24, 2.45) is 7.05 Å². The summed E-state index contributed by atoms with van der Waals surface area (Å²) in [6.07, 6.45) is 1.90. The highest BCUT2D eigenvalue weighted by Crippen LogP contribution is 2.19. The predicted octanol–water partition coefficient (Wildman–Crippen LogP) is 2.71. The molecule has 1 amide bonds. The zero-order chi connectivity index (χ0) is 14.0. The summed E-state index contributed by atoms with van der Waals surface area (Å²) >= 11 is 7.65. The Morgan fingerprint density at radius 3 is 2.84 bits per heavy atom. The second-order valence-corrected chi connectivity index (χ2v) is 5.66. The van der Waals surface area contributed by atoms with Crippen molar-refractivity contribution in [1.29, 1.82) is 0 Å². The van der Waals surface area contributed by atoms with Gasteiger partial charge in [-0.15, -0.1) is 12.6 Å². The lowest BCUT2D eigenvalue weighted by Gasteiger charge is -2.07. The summed E-state index contributed by atoms with van der Waals surface area (Å²) in [6.45, 7) is 2.38. The SMILES string of the molecule is Cc1nn(C)cc1CNC(=O)c1ccc(Br)cc1S. The van der Waals surface area contributed by atoms with Crippen LogP contribution in [-0.2, 0) is 13.6 Å². The maximum absolute atomic E-state index is 12.1. The number of nitrogens with one attached hydrogen (secondary N) is 1. The second-order valence-electron chi connectivity index (χ2n) is 4.26. The summed E-state index contributed by atoms with van der Waals surface area (Å²) < 4.78 is 2.64. The van der Waals surface area contributed by atoms with Crippen LogP contribution in [0.4, 0.5) is 0 Å². The molecule has 2 rings (SSSR count). The summed E-state index contributed by atoms with van der Waals surface area (Å²) in [5.41, 5.74) is 2.49. The number of amides is 1. The number of aryl methyl sites for hydroxylation is 2. The minimum Gasteiger partial charge on any atom is -0.348 e. The van der Waals surface area contributed by atoms with Crippen LogP contribution in [-0.4, -0.2) is 15.7 Å². The van der Waals surface area contributed by atoms with Gasteiger partial charge in [0, 0.05) is 34.7 Å². The van der Waals surface area contributed by atoms with Gasteiger partial charge in [-0.05, 0) is 25.1 Å². The molecule has 19 heavy (non-hydrogen) atoms. The van der Waals surface area contributed by atoms with Gasteiger partial charge in [-0.3, -0.25) is 9.48 Å². The van der Waals surface area contributed by atoms with E-state index in [0.717, 1.165) is 15.7 Å². The van der Waals surface area contributed by atoms with E-state index in [0.29, 0.717) is 17.0 Å². The molecular formula is C13H14BrN3OS. The van der Waals surface area contributed by atoms with Crippen LogP contribution < -0.4 is 5.32 Å². The smallest absolute Gasteiger partial charge is 0.252 e. The van der Waals surface area contributed by atoms with E-state index in [1.165, 1.54) is 0 Å². The fourth-order valence-corrected chi connectivity index (χ4v) is 2.64. The Bertz CT molecular complexity index is 624. The average Bonchev–Trinajstić information content (AvgIpc) is 2.65. The number of hydrogen-bond donors (Lipinski definition) is 2. The maximum Gasteiger partial charge on any atom is 0.252 e. The number of benzene rings is 1. The third kappa shape index (κ3) is 3.39. The Morgan fingerprint density at radius 1 is 1.53 bits per heavy atom. The molecule has 0 aliphatic carbocycles. The molecule has 0 bridgehead atoms. The van der Waals surface area contributed by atoms with Gasteiger partial charge in [-0.25, -0.2) is 0 Å². The first kappa shape index (κ1) is 14.1. The first-order chi connectivity index (χ1) is 8.97. The maximum atomic E-state index is 12.1. The molecule has 0 atom stereocenters. The molecule has 0 radical (unpaired) electrons. The van der Waals surface area contributed by atoms with Gasteiger partial charge >= 0.3 is 0 Å². The molecule has 0 saturated carbocycles. The van der Waals surface area contributed by atoms with Crippen LogP contribution in [0.2, 0.25) is 0 Å². The van der Waals surface area contributed by atoms with E-state index in [1.54, 1.807) is 16.8 Å². The predicted molar refractivity (Wildman–Crippen MR) is 80.5 cm³/mol. The first-order valence-corrected chi connectivity index (χ1v) is 6.97. The number of carbonyl (C=O) groups excluding carboxylic acids is 1. The number of hydrogen-bond acceptors (Lipinski definition) is 3. The molecule has 2 aromatic rings. The lowest BCUT2D eigenvalue weighted by molar-refractivity contribution is 0.0948.